The SMILES string of the molecule is O=S1(=O)CCC2(CCNCC2C2CCCC2)CC1. The smallest absolute Gasteiger partial charge is 0.150 e. The largest absolute Gasteiger partial charge is 0.316 e. The first-order valence-electron chi connectivity index (χ1n) is 7.53. The van der Waals surface area contributed by atoms with Crippen LogP contribution < -0.4 is 5.32 Å². The van der Waals surface area contributed by atoms with Crippen LogP contribution in [0.4, 0.5) is 0 Å². The average molecular weight is 271 g/mol. The Bertz CT molecular complexity index is 384. The summed E-state index contributed by atoms with van der Waals surface area (Å²) in [6.45, 7) is 2.22. The molecular weight excluding hydrogens is 246 g/mol. The van der Waals surface area contributed by atoms with Crippen LogP contribution in [0.15, 0.2) is 0 Å². The minimum absolute atomic E-state index is 0.353. The summed E-state index contributed by atoms with van der Waals surface area (Å²) in [5, 5.41) is 3.55. The first-order chi connectivity index (χ1) is 8.61. The van der Waals surface area contributed by atoms with E-state index in [4.69, 9.17) is 0 Å². The molecular formula is C14H25NO2S. The summed E-state index contributed by atoms with van der Waals surface area (Å²) < 4.78 is 23.4. The Morgan fingerprint density at radius 3 is 2.33 bits per heavy atom. The Morgan fingerprint density at radius 1 is 1.00 bits per heavy atom. The molecule has 1 N–H and O–H groups in total. The molecule has 1 saturated carbocycles. The van der Waals surface area contributed by atoms with E-state index in [-0.39, 0.29) is 0 Å². The standard InChI is InChI=1S/C14H25NO2S/c16-18(17)9-6-14(7-10-18)5-8-15-11-13(14)12-3-1-2-4-12/h12-13,15H,1-11H2. The molecule has 4 heteroatoms. The molecule has 0 aromatic carbocycles. The van der Waals surface area contributed by atoms with Crippen molar-refractivity contribution in [2.75, 3.05) is 24.6 Å². The lowest BCUT2D eigenvalue weighted by Crippen LogP contribution is -2.51. The van der Waals surface area contributed by atoms with Crippen LogP contribution in [0.2, 0.25) is 0 Å². The van der Waals surface area contributed by atoms with Gasteiger partial charge in [0.05, 0.1) is 11.5 Å². The zero-order valence-corrected chi connectivity index (χ0v) is 12.0. The van der Waals surface area contributed by atoms with Gasteiger partial charge in [-0.15, -0.1) is 0 Å². The number of rotatable bonds is 1. The van der Waals surface area contributed by atoms with E-state index in [1.165, 1.54) is 32.1 Å². The summed E-state index contributed by atoms with van der Waals surface area (Å²) in [6, 6.07) is 0. The van der Waals surface area contributed by atoms with E-state index in [0.29, 0.717) is 16.9 Å². The Labute approximate surface area is 111 Å². The molecule has 0 aromatic rings. The van der Waals surface area contributed by atoms with E-state index >= 15 is 0 Å². The van der Waals surface area contributed by atoms with Crippen LogP contribution in [0.3, 0.4) is 0 Å². The van der Waals surface area contributed by atoms with Gasteiger partial charge >= 0.3 is 0 Å². The summed E-state index contributed by atoms with van der Waals surface area (Å²) in [5.41, 5.74) is 0.353. The zero-order valence-electron chi connectivity index (χ0n) is 11.2. The lowest BCUT2D eigenvalue weighted by Gasteiger charge is -2.49. The second-order valence-electron chi connectivity index (χ2n) is 6.62. The molecule has 2 saturated heterocycles. The topological polar surface area (TPSA) is 46.2 Å². The molecule has 2 aliphatic heterocycles. The van der Waals surface area contributed by atoms with Crippen molar-refractivity contribution in [3.05, 3.63) is 0 Å². The van der Waals surface area contributed by atoms with Gasteiger partial charge in [-0.2, -0.15) is 0 Å². The maximum absolute atomic E-state index is 11.7. The second-order valence-corrected chi connectivity index (χ2v) is 8.92. The number of piperidine rings is 1. The molecule has 1 atom stereocenters. The molecule has 3 aliphatic rings. The molecule has 0 bridgehead atoms. The quantitative estimate of drug-likeness (QED) is 0.793. The van der Waals surface area contributed by atoms with E-state index < -0.39 is 9.84 Å². The summed E-state index contributed by atoms with van der Waals surface area (Å²) in [5.74, 6) is 2.48. The maximum Gasteiger partial charge on any atom is 0.150 e. The molecule has 0 amide bonds. The van der Waals surface area contributed by atoms with Gasteiger partial charge in [-0.1, -0.05) is 25.7 Å². The van der Waals surface area contributed by atoms with Crippen LogP contribution in [0, 0.1) is 17.3 Å². The van der Waals surface area contributed by atoms with Gasteiger partial charge in [0.25, 0.3) is 0 Å². The average Bonchev–Trinajstić information content (AvgIpc) is 2.88. The Kier molecular flexibility index (Phi) is 3.43. The van der Waals surface area contributed by atoms with Crippen LogP contribution in [-0.2, 0) is 9.84 Å². The molecule has 3 nitrogen and oxygen atoms in total. The van der Waals surface area contributed by atoms with Gasteiger partial charge in [0, 0.05) is 0 Å². The minimum atomic E-state index is -2.73. The fraction of sp³-hybridized carbons (Fsp3) is 1.00. The fourth-order valence-electron chi connectivity index (χ4n) is 4.59. The van der Waals surface area contributed by atoms with Crippen LogP contribution >= 0.6 is 0 Å². The second kappa shape index (κ2) is 4.78. The minimum Gasteiger partial charge on any atom is -0.316 e. The highest BCUT2D eigenvalue weighted by Crippen LogP contribution is 2.50. The third kappa shape index (κ3) is 2.34. The van der Waals surface area contributed by atoms with E-state index in [1.54, 1.807) is 0 Å². The monoisotopic (exact) mass is 271 g/mol. The molecule has 3 fully saturated rings. The molecule has 2 heterocycles. The van der Waals surface area contributed by atoms with Crippen molar-refractivity contribution in [2.45, 2.75) is 44.9 Å². The van der Waals surface area contributed by atoms with E-state index in [0.717, 1.165) is 37.8 Å². The van der Waals surface area contributed by atoms with Crippen molar-refractivity contribution in [3.63, 3.8) is 0 Å². The number of hydrogen-bond acceptors (Lipinski definition) is 3. The molecule has 1 spiro atoms. The Hall–Kier alpha value is -0.0900. The van der Waals surface area contributed by atoms with Gasteiger partial charge < -0.3 is 5.32 Å². The lowest BCUT2D eigenvalue weighted by atomic mass is 9.62. The van der Waals surface area contributed by atoms with E-state index in [2.05, 4.69) is 5.32 Å². The Balaban J connectivity index is 1.78. The van der Waals surface area contributed by atoms with Crippen molar-refractivity contribution in [1.82, 2.24) is 5.32 Å². The molecule has 18 heavy (non-hydrogen) atoms. The lowest BCUT2D eigenvalue weighted by molar-refractivity contribution is 0.0495. The highest BCUT2D eigenvalue weighted by Gasteiger charge is 2.47. The Morgan fingerprint density at radius 2 is 1.67 bits per heavy atom. The molecule has 1 unspecified atom stereocenters. The summed E-state index contributed by atoms with van der Waals surface area (Å²) in [7, 11) is -2.73. The van der Waals surface area contributed by atoms with E-state index in [1.807, 2.05) is 0 Å². The van der Waals surface area contributed by atoms with Crippen molar-refractivity contribution >= 4 is 9.84 Å². The predicted octanol–water partition coefficient (Wildman–Crippen LogP) is 1.98. The van der Waals surface area contributed by atoms with Crippen molar-refractivity contribution in [2.24, 2.45) is 17.3 Å². The highest BCUT2D eigenvalue weighted by molar-refractivity contribution is 7.91. The van der Waals surface area contributed by atoms with Crippen molar-refractivity contribution in [1.29, 1.82) is 0 Å². The predicted molar refractivity (Wildman–Crippen MR) is 73.3 cm³/mol. The van der Waals surface area contributed by atoms with Gasteiger partial charge in [0.2, 0.25) is 0 Å². The van der Waals surface area contributed by atoms with Gasteiger partial charge in [-0.25, -0.2) is 8.42 Å². The third-order valence-electron chi connectivity index (χ3n) is 5.74. The number of sulfone groups is 1. The first kappa shape index (κ1) is 12.9. The molecule has 1 aliphatic carbocycles. The maximum atomic E-state index is 11.7. The first-order valence-corrected chi connectivity index (χ1v) is 9.35. The van der Waals surface area contributed by atoms with Crippen molar-refractivity contribution < 1.29 is 8.42 Å². The van der Waals surface area contributed by atoms with Gasteiger partial charge in [-0.3, -0.25) is 0 Å². The molecule has 104 valence electrons. The summed E-state index contributed by atoms with van der Waals surface area (Å²) in [6.07, 6.45) is 8.58. The number of hydrogen-bond donors (Lipinski definition) is 1. The third-order valence-corrected chi connectivity index (χ3v) is 7.39. The van der Waals surface area contributed by atoms with E-state index in [9.17, 15) is 8.42 Å². The molecule has 0 radical (unpaired) electrons. The number of nitrogens with one attached hydrogen (secondary N) is 1. The van der Waals surface area contributed by atoms with Gasteiger partial charge in [0.1, 0.15) is 9.84 Å². The molecule has 3 rings (SSSR count). The van der Waals surface area contributed by atoms with Crippen LogP contribution in [0.1, 0.15) is 44.9 Å². The van der Waals surface area contributed by atoms with Crippen LogP contribution in [0.5, 0.6) is 0 Å². The van der Waals surface area contributed by atoms with Crippen LogP contribution in [0.25, 0.3) is 0 Å². The van der Waals surface area contributed by atoms with Crippen LogP contribution in [-0.4, -0.2) is 33.0 Å². The highest BCUT2D eigenvalue weighted by atomic mass is 32.2. The fourth-order valence-corrected chi connectivity index (χ4v) is 6.23. The van der Waals surface area contributed by atoms with Gasteiger partial charge in [0.15, 0.2) is 0 Å². The molecule has 0 aromatic heterocycles. The van der Waals surface area contributed by atoms with Gasteiger partial charge in [-0.05, 0) is 49.6 Å². The van der Waals surface area contributed by atoms with Crippen molar-refractivity contribution in [3.8, 4) is 0 Å². The zero-order chi connectivity index (χ0) is 12.6. The summed E-state index contributed by atoms with van der Waals surface area (Å²) in [4.78, 5) is 0. The summed E-state index contributed by atoms with van der Waals surface area (Å²) >= 11 is 0. The normalized spacial score (nSPS) is 35.9.